The fourth-order valence-corrected chi connectivity index (χ4v) is 3.09. The van der Waals surface area contributed by atoms with Crippen molar-refractivity contribution < 1.29 is 18.1 Å². The van der Waals surface area contributed by atoms with Crippen LogP contribution in [0.4, 0.5) is 14.5 Å². The summed E-state index contributed by atoms with van der Waals surface area (Å²) in [5, 5.41) is 6.31. The minimum Gasteiger partial charge on any atom is -0.360 e. The lowest BCUT2D eigenvalue weighted by molar-refractivity contribution is 0.101. The highest BCUT2D eigenvalue weighted by Gasteiger charge is 2.34. The molecule has 6 heteroatoms. The molecule has 0 radical (unpaired) electrons. The fraction of sp³-hybridized carbons (Fsp3) is 0.444. The number of amides is 1. The van der Waals surface area contributed by atoms with Gasteiger partial charge in [-0.25, -0.2) is 8.78 Å². The summed E-state index contributed by atoms with van der Waals surface area (Å²) >= 11 is 0. The van der Waals surface area contributed by atoms with Gasteiger partial charge < -0.3 is 9.84 Å². The maximum absolute atomic E-state index is 13.7. The van der Waals surface area contributed by atoms with Crippen molar-refractivity contribution in [3.8, 4) is 0 Å². The van der Waals surface area contributed by atoms with Crippen molar-refractivity contribution in [3.63, 3.8) is 0 Å². The van der Waals surface area contributed by atoms with E-state index in [4.69, 9.17) is 4.52 Å². The number of hydrogen-bond acceptors (Lipinski definition) is 3. The predicted molar refractivity (Wildman–Crippen MR) is 85.8 cm³/mol. The van der Waals surface area contributed by atoms with Crippen molar-refractivity contribution in [1.29, 1.82) is 0 Å². The highest BCUT2D eigenvalue weighted by Crippen LogP contribution is 2.38. The molecule has 0 bridgehead atoms. The van der Waals surface area contributed by atoms with Crippen LogP contribution in [-0.4, -0.2) is 11.1 Å². The largest absolute Gasteiger partial charge is 0.360 e. The quantitative estimate of drug-likeness (QED) is 0.888. The van der Waals surface area contributed by atoms with Crippen molar-refractivity contribution in [2.24, 2.45) is 11.3 Å². The molecule has 0 spiro atoms. The summed E-state index contributed by atoms with van der Waals surface area (Å²) in [4.78, 5) is 12.4. The van der Waals surface area contributed by atoms with Gasteiger partial charge in [-0.15, -0.1) is 0 Å². The van der Waals surface area contributed by atoms with Gasteiger partial charge in [-0.3, -0.25) is 4.79 Å². The molecule has 0 fully saturated rings. The molecule has 1 aromatic heterocycles. The predicted octanol–water partition coefficient (Wildman–Crippen LogP) is 4.36. The first-order valence-electron chi connectivity index (χ1n) is 7.99. The van der Waals surface area contributed by atoms with Crippen LogP contribution in [0.2, 0.25) is 0 Å². The minimum absolute atomic E-state index is 0.0821. The topological polar surface area (TPSA) is 55.1 Å². The number of aromatic nitrogens is 1. The summed E-state index contributed by atoms with van der Waals surface area (Å²) < 4.78 is 32.0. The summed E-state index contributed by atoms with van der Waals surface area (Å²) in [6, 6.07) is 3.00. The molecular formula is C18H20F2N2O2. The lowest BCUT2D eigenvalue weighted by atomic mass is 9.71. The SMILES string of the molecule is CC(C)(C)[C@@H]1CCc2onc(C(=O)Nc3ccc(F)cc3F)c2C1. The molecule has 0 saturated carbocycles. The molecule has 2 aromatic rings. The molecular weight excluding hydrogens is 314 g/mol. The van der Waals surface area contributed by atoms with Crippen LogP contribution in [0.5, 0.6) is 0 Å². The number of nitrogens with one attached hydrogen (secondary N) is 1. The molecule has 0 saturated heterocycles. The van der Waals surface area contributed by atoms with Gasteiger partial charge in [0, 0.05) is 18.1 Å². The van der Waals surface area contributed by atoms with Gasteiger partial charge in [-0.05, 0) is 36.3 Å². The Morgan fingerprint density at radius 3 is 2.75 bits per heavy atom. The third-order valence-corrected chi connectivity index (χ3v) is 4.66. The van der Waals surface area contributed by atoms with Crippen molar-refractivity contribution in [1.82, 2.24) is 5.16 Å². The monoisotopic (exact) mass is 334 g/mol. The third-order valence-electron chi connectivity index (χ3n) is 4.66. The number of anilines is 1. The van der Waals surface area contributed by atoms with Gasteiger partial charge in [0.15, 0.2) is 5.69 Å². The van der Waals surface area contributed by atoms with E-state index in [0.29, 0.717) is 12.3 Å². The number of fused-ring (bicyclic) bond motifs is 1. The molecule has 24 heavy (non-hydrogen) atoms. The maximum atomic E-state index is 13.7. The van der Waals surface area contributed by atoms with Crippen molar-refractivity contribution in [2.45, 2.75) is 40.0 Å². The van der Waals surface area contributed by atoms with E-state index in [2.05, 4.69) is 31.2 Å². The average molecular weight is 334 g/mol. The van der Waals surface area contributed by atoms with E-state index in [9.17, 15) is 13.6 Å². The van der Waals surface area contributed by atoms with E-state index in [1.807, 2.05) is 0 Å². The van der Waals surface area contributed by atoms with Gasteiger partial charge in [-0.2, -0.15) is 0 Å². The summed E-state index contributed by atoms with van der Waals surface area (Å²) in [7, 11) is 0. The molecule has 3 rings (SSSR count). The Hall–Kier alpha value is -2.24. The first-order valence-corrected chi connectivity index (χ1v) is 7.99. The van der Waals surface area contributed by atoms with E-state index in [-0.39, 0.29) is 16.8 Å². The summed E-state index contributed by atoms with van der Waals surface area (Å²) in [6.07, 6.45) is 2.43. The van der Waals surface area contributed by atoms with E-state index < -0.39 is 17.5 Å². The Morgan fingerprint density at radius 1 is 1.33 bits per heavy atom. The van der Waals surface area contributed by atoms with Crippen molar-refractivity contribution >= 4 is 11.6 Å². The first-order chi connectivity index (χ1) is 11.3. The summed E-state index contributed by atoms with van der Waals surface area (Å²) in [5.41, 5.74) is 1.01. The second-order valence-corrected chi connectivity index (χ2v) is 7.32. The Bertz CT molecular complexity index is 778. The molecule has 1 aliphatic rings. The minimum atomic E-state index is -0.826. The van der Waals surface area contributed by atoms with Crippen molar-refractivity contribution in [2.75, 3.05) is 5.32 Å². The molecule has 0 aliphatic heterocycles. The third kappa shape index (κ3) is 3.18. The van der Waals surface area contributed by atoms with Gasteiger partial charge >= 0.3 is 0 Å². The highest BCUT2D eigenvalue weighted by atomic mass is 19.1. The van der Waals surface area contributed by atoms with Crippen LogP contribution < -0.4 is 5.32 Å². The smallest absolute Gasteiger partial charge is 0.278 e. The molecule has 4 nitrogen and oxygen atoms in total. The normalized spacial score (nSPS) is 17.5. The first kappa shape index (κ1) is 16.6. The highest BCUT2D eigenvalue weighted by molar-refractivity contribution is 6.04. The van der Waals surface area contributed by atoms with Gasteiger partial charge in [0.05, 0.1) is 5.69 Å². The molecule has 1 heterocycles. The van der Waals surface area contributed by atoms with Gasteiger partial charge in [-0.1, -0.05) is 25.9 Å². The number of halogens is 2. The average Bonchev–Trinajstić information content (AvgIpc) is 2.92. The lowest BCUT2D eigenvalue weighted by Crippen LogP contribution is -2.27. The van der Waals surface area contributed by atoms with Gasteiger partial charge in [0.25, 0.3) is 5.91 Å². The van der Waals surface area contributed by atoms with Crippen LogP contribution in [0.3, 0.4) is 0 Å². The van der Waals surface area contributed by atoms with E-state index >= 15 is 0 Å². The Kier molecular flexibility index (Phi) is 4.15. The summed E-state index contributed by atoms with van der Waals surface area (Å²) in [5.74, 6) is -0.926. The molecule has 1 aromatic carbocycles. The van der Waals surface area contributed by atoms with Crippen LogP contribution in [0.15, 0.2) is 22.7 Å². The molecule has 1 atom stereocenters. The molecule has 1 amide bonds. The number of carbonyl (C=O) groups excluding carboxylic acids is 1. The number of aryl methyl sites for hydroxylation is 1. The fourth-order valence-electron chi connectivity index (χ4n) is 3.09. The van der Waals surface area contributed by atoms with Crippen LogP contribution in [0, 0.1) is 23.0 Å². The van der Waals surface area contributed by atoms with Crippen LogP contribution in [-0.2, 0) is 12.8 Å². The molecule has 0 unspecified atom stereocenters. The molecule has 1 aliphatic carbocycles. The zero-order valence-corrected chi connectivity index (χ0v) is 14.0. The zero-order chi connectivity index (χ0) is 17.5. The second-order valence-electron chi connectivity index (χ2n) is 7.32. The Morgan fingerprint density at radius 2 is 2.08 bits per heavy atom. The Balaban J connectivity index is 1.83. The van der Waals surface area contributed by atoms with Crippen LogP contribution in [0.25, 0.3) is 0 Å². The zero-order valence-electron chi connectivity index (χ0n) is 14.0. The standard InChI is InChI=1S/C18H20F2N2O2/c1-18(2,3)10-4-7-15-12(8-10)16(22-24-15)17(23)21-14-6-5-11(19)9-13(14)20/h5-6,9-10H,4,7-8H2,1-3H3,(H,21,23)/t10-/m1/s1. The number of rotatable bonds is 2. The number of carbonyl (C=O) groups is 1. The number of nitrogens with zero attached hydrogens (tertiary/aromatic N) is 1. The van der Waals surface area contributed by atoms with E-state index in [1.54, 1.807) is 0 Å². The summed E-state index contributed by atoms with van der Waals surface area (Å²) in [6.45, 7) is 6.51. The lowest BCUT2D eigenvalue weighted by Gasteiger charge is -2.33. The molecule has 1 N–H and O–H groups in total. The van der Waals surface area contributed by atoms with E-state index in [1.165, 1.54) is 6.07 Å². The van der Waals surface area contributed by atoms with Crippen LogP contribution in [0.1, 0.15) is 49.0 Å². The Labute approximate surface area is 139 Å². The van der Waals surface area contributed by atoms with Gasteiger partial charge in [0.1, 0.15) is 17.4 Å². The van der Waals surface area contributed by atoms with Crippen LogP contribution >= 0.6 is 0 Å². The number of hydrogen-bond donors (Lipinski definition) is 1. The second kappa shape index (κ2) is 6.00. The van der Waals surface area contributed by atoms with E-state index in [0.717, 1.165) is 36.3 Å². The maximum Gasteiger partial charge on any atom is 0.278 e. The van der Waals surface area contributed by atoms with Gasteiger partial charge in [0.2, 0.25) is 0 Å². The molecule has 128 valence electrons. The van der Waals surface area contributed by atoms with Crippen molar-refractivity contribution in [3.05, 3.63) is 46.9 Å². The number of benzene rings is 1.